The van der Waals surface area contributed by atoms with E-state index in [1.165, 1.54) is 17.0 Å². The lowest BCUT2D eigenvalue weighted by Crippen LogP contribution is -2.23. The summed E-state index contributed by atoms with van der Waals surface area (Å²) in [5.74, 6) is -0.365. The first-order valence-corrected chi connectivity index (χ1v) is 5.07. The van der Waals surface area contributed by atoms with Crippen LogP contribution >= 0.6 is 0 Å². The lowest BCUT2D eigenvalue weighted by molar-refractivity contribution is -0.129. The van der Waals surface area contributed by atoms with Gasteiger partial charge in [-0.25, -0.2) is 4.39 Å². The van der Waals surface area contributed by atoms with Crippen LogP contribution in [0.3, 0.4) is 0 Å². The summed E-state index contributed by atoms with van der Waals surface area (Å²) in [5.41, 5.74) is -0.0262. The second-order valence-electron chi connectivity index (χ2n) is 3.64. The van der Waals surface area contributed by atoms with Gasteiger partial charge in [0.25, 0.3) is 0 Å². The molecule has 0 radical (unpaired) electrons. The molecule has 0 aliphatic rings. The molecule has 1 amide bonds. The minimum atomic E-state index is -0.621. The number of carbonyl (C=O) groups is 1. The van der Waals surface area contributed by atoms with E-state index < -0.39 is 5.82 Å². The Balaban J connectivity index is 2.51. The second kappa shape index (κ2) is 5.85. The molecule has 17 heavy (non-hydrogen) atoms. The summed E-state index contributed by atoms with van der Waals surface area (Å²) in [7, 11) is 3.31. The van der Waals surface area contributed by atoms with Crippen molar-refractivity contribution in [2.75, 3.05) is 20.7 Å². The normalized spacial score (nSPS) is 9.53. The molecule has 0 N–H and O–H groups in total. The molecule has 0 fully saturated rings. The van der Waals surface area contributed by atoms with E-state index in [-0.39, 0.29) is 24.5 Å². The van der Waals surface area contributed by atoms with E-state index in [0.717, 1.165) is 6.07 Å². The van der Waals surface area contributed by atoms with Crippen molar-refractivity contribution in [3.63, 3.8) is 0 Å². The molecule has 5 heteroatoms. The average molecular weight is 236 g/mol. The third kappa shape index (κ3) is 3.76. The highest BCUT2D eigenvalue weighted by molar-refractivity contribution is 5.75. The van der Waals surface area contributed by atoms with Gasteiger partial charge < -0.3 is 9.64 Å². The van der Waals surface area contributed by atoms with Crippen LogP contribution in [0.1, 0.15) is 12.0 Å². The lowest BCUT2D eigenvalue weighted by atomic mass is 10.2. The molecule has 1 aromatic carbocycles. The van der Waals surface area contributed by atoms with E-state index in [0.29, 0.717) is 5.75 Å². The standard InChI is InChI=1S/C12H13FN2O2/c1-15(2)12(16)5-6-17-10-4-3-9(8-14)11(13)7-10/h3-4,7H,5-6H2,1-2H3. The number of nitriles is 1. The van der Waals surface area contributed by atoms with E-state index in [4.69, 9.17) is 10.00 Å². The lowest BCUT2D eigenvalue weighted by Gasteiger charge is -2.10. The first kappa shape index (κ1) is 13.0. The average Bonchev–Trinajstić information content (AvgIpc) is 2.29. The number of rotatable bonds is 4. The van der Waals surface area contributed by atoms with Gasteiger partial charge in [-0.3, -0.25) is 4.79 Å². The monoisotopic (exact) mass is 236 g/mol. The van der Waals surface area contributed by atoms with Gasteiger partial charge in [-0.15, -0.1) is 0 Å². The predicted octanol–water partition coefficient (Wildman–Crippen LogP) is 1.55. The topological polar surface area (TPSA) is 53.3 Å². The molecule has 0 saturated heterocycles. The van der Waals surface area contributed by atoms with E-state index in [9.17, 15) is 9.18 Å². The molecule has 0 saturated carbocycles. The summed E-state index contributed by atoms with van der Waals surface area (Å²) < 4.78 is 18.4. The molecule has 4 nitrogen and oxygen atoms in total. The van der Waals surface area contributed by atoms with Gasteiger partial charge in [0.15, 0.2) is 0 Å². The van der Waals surface area contributed by atoms with Crippen molar-refractivity contribution in [1.82, 2.24) is 4.90 Å². The third-order valence-corrected chi connectivity index (χ3v) is 2.14. The molecule has 0 heterocycles. The van der Waals surface area contributed by atoms with Crippen LogP contribution < -0.4 is 4.74 Å². The SMILES string of the molecule is CN(C)C(=O)CCOc1ccc(C#N)c(F)c1. The Morgan fingerprint density at radius 2 is 2.24 bits per heavy atom. The molecule has 0 aliphatic heterocycles. The summed E-state index contributed by atoms with van der Waals surface area (Å²) >= 11 is 0. The number of carbonyl (C=O) groups excluding carboxylic acids is 1. The van der Waals surface area contributed by atoms with E-state index in [1.54, 1.807) is 20.2 Å². The van der Waals surface area contributed by atoms with E-state index >= 15 is 0 Å². The fraction of sp³-hybridized carbons (Fsp3) is 0.333. The van der Waals surface area contributed by atoms with Gasteiger partial charge in [0.05, 0.1) is 18.6 Å². The number of hydrogen-bond donors (Lipinski definition) is 0. The van der Waals surface area contributed by atoms with Crippen molar-refractivity contribution >= 4 is 5.91 Å². The number of halogens is 1. The van der Waals surface area contributed by atoms with Crippen LogP contribution in [0.2, 0.25) is 0 Å². The summed E-state index contributed by atoms with van der Waals surface area (Å²) in [5, 5.41) is 8.54. The Morgan fingerprint density at radius 3 is 2.76 bits per heavy atom. The summed E-state index contributed by atoms with van der Waals surface area (Å²) in [6, 6.07) is 5.71. The van der Waals surface area contributed by atoms with Gasteiger partial charge in [-0.05, 0) is 12.1 Å². The molecular formula is C12H13FN2O2. The Kier molecular flexibility index (Phi) is 4.46. The zero-order valence-electron chi connectivity index (χ0n) is 9.74. The first-order chi connectivity index (χ1) is 8.04. The molecule has 0 spiro atoms. The van der Waals surface area contributed by atoms with Crippen molar-refractivity contribution in [1.29, 1.82) is 5.26 Å². The zero-order chi connectivity index (χ0) is 12.8. The third-order valence-electron chi connectivity index (χ3n) is 2.14. The van der Waals surface area contributed by atoms with Crippen molar-refractivity contribution in [2.45, 2.75) is 6.42 Å². The predicted molar refractivity (Wildman–Crippen MR) is 59.9 cm³/mol. The Hall–Kier alpha value is -2.09. The summed E-state index contributed by atoms with van der Waals surface area (Å²) in [6.45, 7) is 0.183. The zero-order valence-corrected chi connectivity index (χ0v) is 9.74. The van der Waals surface area contributed by atoms with Gasteiger partial charge in [0.1, 0.15) is 17.6 Å². The number of ether oxygens (including phenoxy) is 1. The van der Waals surface area contributed by atoms with Crippen molar-refractivity contribution in [2.24, 2.45) is 0 Å². The second-order valence-corrected chi connectivity index (χ2v) is 3.64. The van der Waals surface area contributed by atoms with Crippen LogP contribution in [0.15, 0.2) is 18.2 Å². The molecule has 0 bridgehead atoms. The quantitative estimate of drug-likeness (QED) is 0.797. The number of nitrogens with zero attached hydrogens (tertiary/aromatic N) is 2. The van der Waals surface area contributed by atoms with E-state index in [2.05, 4.69) is 0 Å². The molecule has 0 aliphatic carbocycles. The maximum absolute atomic E-state index is 13.2. The Morgan fingerprint density at radius 1 is 1.53 bits per heavy atom. The van der Waals surface area contributed by atoms with Crippen LogP contribution in [0, 0.1) is 17.1 Å². The maximum atomic E-state index is 13.2. The first-order valence-electron chi connectivity index (χ1n) is 5.07. The minimum Gasteiger partial charge on any atom is -0.493 e. The van der Waals surface area contributed by atoms with Gasteiger partial charge in [-0.2, -0.15) is 5.26 Å². The fourth-order valence-electron chi connectivity index (χ4n) is 1.16. The highest BCUT2D eigenvalue weighted by Crippen LogP contribution is 2.16. The highest BCUT2D eigenvalue weighted by Gasteiger charge is 2.06. The smallest absolute Gasteiger partial charge is 0.225 e. The van der Waals surface area contributed by atoms with Crippen molar-refractivity contribution < 1.29 is 13.9 Å². The van der Waals surface area contributed by atoms with Crippen molar-refractivity contribution in [3.05, 3.63) is 29.6 Å². The molecule has 90 valence electrons. The van der Waals surface area contributed by atoms with Crippen LogP contribution in [-0.2, 0) is 4.79 Å². The van der Waals surface area contributed by atoms with Crippen molar-refractivity contribution in [3.8, 4) is 11.8 Å². The fourth-order valence-corrected chi connectivity index (χ4v) is 1.16. The summed E-state index contributed by atoms with van der Waals surface area (Å²) in [4.78, 5) is 12.7. The number of benzene rings is 1. The van der Waals surface area contributed by atoms with Gasteiger partial charge in [0.2, 0.25) is 5.91 Å². The molecule has 1 rings (SSSR count). The molecule has 0 unspecified atom stereocenters. The summed E-state index contributed by atoms with van der Waals surface area (Å²) in [6.07, 6.45) is 0.231. The molecule has 1 aromatic rings. The van der Waals surface area contributed by atoms with E-state index in [1.807, 2.05) is 0 Å². The highest BCUT2D eigenvalue weighted by atomic mass is 19.1. The van der Waals surface area contributed by atoms with Gasteiger partial charge in [0, 0.05) is 20.2 Å². The van der Waals surface area contributed by atoms with Gasteiger partial charge >= 0.3 is 0 Å². The van der Waals surface area contributed by atoms with Crippen LogP contribution in [0.25, 0.3) is 0 Å². The number of amides is 1. The van der Waals surface area contributed by atoms with Crippen LogP contribution in [-0.4, -0.2) is 31.5 Å². The molecule has 0 atom stereocenters. The molecular weight excluding hydrogens is 223 g/mol. The maximum Gasteiger partial charge on any atom is 0.225 e. The largest absolute Gasteiger partial charge is 0.493 e. The molecule has 0 aromatic heterocycles. The number of hydrogen-bond acceptors (Lipinski definition) is 3. The Labute approximate surface area is 99.2 Å². The van der Waals surface area contributed by atoms with Crippen LogP contribution in [0.5, 0.6) is 5.75 Å². The van der Waals surface area contributed by atoms with Gasteiger partial charge in [-0.1, -0.05) is 0 Å². The minimum absolute atomic E-state index is 0.0262. The van der Waals surface area contributed by atoms with Crippen LogP contribution in [0.4, 0.5) is 4.39 Å². The Bertz CT molecular complexity index is 452.